The van der Waals surface area contributed by atoms with Gasteiger partial charge in [-0.15, -0.1) is 0 Å². The fraction of sp³-hybridized carbons (Fsp3) is 0.154. The monoisotopic (exact) mass is 450 g/mol. The standard InChI is InChI=1S/C26H22N6O2/c33-26-21-17-31(13-10-22(21)28-25(29-26)18-8-11-27-12-9-18)15-19-16-32(20-5-2-1-3-6-20)30-24(19)23-7-4-14-34-23/h1-9,11-12,14,16H,10,13,15,17H2,(H,28,29,33). The normalized spacial score (nSPS) is 13.6. The average molecular weight is 451 g/mol. The molecule has 6 rings (SSSR count). The Morgan fingerprint density at radius 3 is 2.68 bits per heavy atom. The van der Waals surface area contributed by atoms with Gasteiger partial charge in [0.25, 0.3) is 5.56 Å². The smallest absolute Gasteiger partial charge is 0.255 e. The average Bonchev–Trinajstić information content (AvgIpc) is 3.56. The van der Waals surface area contributed by atoms with Crippen LogP contribution in [0.5, 0.6) is 0 Å². The van der Waals surface area contributed by atoms with Crippen LogP contribution in [0.2, 0.25) is 0 Å². The van der Waals surface area contributed by atoms with E-state index in [1.54, 1.807) is 18.7 Å². The van der Waals surface area contributed by atoms with Gasteiger partial charge in [-0.25, -0.2) is 9.67 Å². The van der Waals surface area contributed by atoms with E-state index in [9.17, 15) is 4.79 Å². The predicted octanol–water partition coefficient (Wildman–Crippen LogP) is 3.84. The van der Waals surface area contributed by atoms with Crippen LogP contribution in [-0.2, 0) is 19.5 Å². The lowest BCUT2D eigenvalue weighted by Crippen LogP contribution is -2.35. The van der Waals surface area contributed by atoms with Crippen molar-refractivity contribution in [3.05, 3.63) is 107 Å². The molecule has 1 aliphatic rings. The molecule has 0 bridgehead atoms. The second-order valence-electron chi connectivity index (χ2n) is 8.30. The lowest BCUT2D eigenvalue weighted by atomic mass is 10.1. The van der Waals surface area contributed by atoms with Crippen LogP contribution < -0.4 is 5.56 Å². The summed E-state index contributed by atoms with van der Waals surface area (Å²) in [5.74, 6) is 1.31. The van der Waals surface area contributed by atoms with E-state index in [0.717, 1.165) is 46.1 Å². The van der Waals surface area contributed by atoms with Crippen LogP contribution >= 0.6 is 0 Å². The summed E-state index contributed by atoms with van der Waals surface area (Å²) >= 11 is 0. The number of aromatic nitrogens is 5. The Balaban J connectivity index is 1.30. The van der Waals surface area contributed by atoms with Gasteiger partial charge in [-0.05, 0) is 36.4 Å². The number of aromatic amines is 1. The summed E-state index contributed by atoms with van der Waals surface area (Å²) in [7, 11) is 0. The van der Waals surface area contributed by atoms with Crippen molar-refractivity contribution in [2.24, 2.45) is 0 Å². The van der Waals surface area contributed by atoms with Crippen LogP contribution in [0, 0.1) is 0 Å². The van der Waals surface area contributed by atoms with Gasteiger partial charge < -0.3 is 9.40 Å². The van der Waals surface area contributed by atoms with Gasteiger partial charge in [0, 0.05) is 55.8 Å². The van der Waals surface area contributed by atoms with Crippen LogP contribution in [0.1, 0.15) is 16.8 Å². The third-order valence-corrected chi connectivity index (χ3v) is 6.06. The molecular formula is C26H22N6O2. The highest BCUT2D eigenvalue weighted by molar-refractivity contribution is 5.57. The van der Waals surface area contributed by atoms with Crippen LogP contribution in [0.25, 0.3) is 28.5 Å². The molecule has 168 valence electrons. The molecule has 0 unspecified atom stereocenters. The van der Waals surface area contributed by atoms with Gasteiger partial charge in [-0.3, -0.25) is 14.7 Å². The number of para-hydroxylation sites is 1. The number of nitrogens with one attached hydrogen (secondary N) is 1. The van der Waals surface area contributed by atoms with E-state index in [-0.39, 0.29) is 5.56 Å². The van der Waals surface area contributed by atoms with E-state index >= 15 is 0 Å². The molecular weight excluding hydrogens is 428 g/mol. The molecule has 34 heavy (non-hydrogen) atoms. The number of hydrogen-bond acceptors (Lipinski definition) is 6. The summed E-state index contributed by atoms with van der Waals surface area (Å²) in [6.45, 7) is 1.98. The molecule has 0 fully saturated rings. The Morgan fingerprint density at radius 1 is 1.03 bits per heavy atom. The molecule has 4 aromatic heterocycles. The molecule has 1 aliphatic heterocycles. The second kappa shape index (κ2) is 8.57. The Labute approximate surface area is 195 Å². The van der Waals surface area contributed by atoms with Gasteiger partial charge in [-0.1, -0.05) is 18.2 Å². The summed E-state index contributed by atoms with van der Waals surface area (Å²) in [5, 5.41) is 4.81. The molecule has 0 saturated carbocycles. The van der Waals surface area contributed by atoms with Gasteiger partial charge in [0.2, 0.25) is 0 Å². The van der Waals surface area contributed by atoms with Crippen molar-refractivity contribution >= 4 is 0 Å². The Hall–Kier alpha value is -4.30. The number of pyridine rings is 1. The molecule has 0 spiro atoms. The van der Waals surface area contributed by atoms with Crippen molar-refractivity contribution in [2.75, 3.05) is 6.54 Å². The zero-order valence-electron chi connectivity index (χ0n) is 18.4. The van der Waals surface area contributed by atoms with Crippen LogP contribution in [-0.4, -0.2) is 36.2 Å². The van der Waals surface area contributed by atoms with Gasteiger partial charge in [0.1, 0.15) is 11.5 Å². The molecule has 8 nitrogen and oxygen atoms in total. The number of rotatable bonds is 5. The summed E-state index contributed by atoms with van der Waals surface area (Å²) in [4.78, 5) is 26.9. The fourth-order valence-corrected chi connectivity index (χ4v) is 4.36. The van der Waals surface area contributed by atoms with Gasteiger partial charge in [0.15, 0.2) is 5.76 Å². The van der Waals surface area contributed by atoms with E-state index in [2.05, 4.69) is 14.9 Å². The first-order valence-electron chi connectivity index (χ1n) is 11.2. The zero-order chi connectivity index (χ0) is 22.9. The SMILES string of the molecule is O=c1[nH]c(-c2ccncc2)nc2c1CN(Cc1cn(-c3ccccc3)nc1-c1ccco1)CC2. The lowest BCUT2D eigenvalue weighted by Gasteiger charge is -2.27. The van der Waals surface area contributed by atoms with E-state index < -0.39 is 0 Å². The van der Waals surface area contributed by atoms with E-state index in [1.807, 2.05) is 65.5 Å². The fourth-order valence-electron chi connectivity index (χ4n) is 4.36. The van der Waals surface area contributed by atoms with Crippen LogP contribution in [0.15, 0.2) is 88.7 Å². The molecule has 0 radical (unpaired) electrons. The van der Waals surface area contributed by atoms with Gasteiger partial charge in [0.05, 0.1) is 23.2 Å². The molecule has 5 heterocycles. The molecule has 0 saturated heterocycles. The molecule has 0 atom stereocenters. The highest BCUT2D eigenvalue weighted by Gasteiger charge is 2.24. The summed E-state index contributed by atoms with van der Waals surface area (Å²) < 4.78 is 7.54. The first-order chi connectivity index (χ1) is 16.7. The van der Waals surface area contributed by atoms with E-state index in [1.165, 1.54) is 0 Å². The Morgan fingerprint density at radius 2 is 1.88 bits per heavy atom. The maximum atomic E-state index is 12.9. The minimum absolute atomic E-state index is 0.0900. The molecule has 0 amide bonds. The minimum atomic E-state index is -0.0900. The molecule has 8 heteroatoms. The molecule has 1 aromatic carbocycles. The number of nitrogens with zero attached hydrogens (tertiary/aromatic N) is 5. The molecule has 5 aromatic rings. The maximum absolute atomic E-state index is 12.9. The van der Waals surface area contributed by atoms with E-state index in [0.29, 0.717) is 25.3 Å². The van der Waals surface area contributed by atoms with Crippen molar-refractivity contribution in [2.45, 2.75) is 19.5 Å². The van der Waals surface area contributed by atoms with Gasteiger partial charge >= 0.3 is 0 Å². The predicted molar refractivity (Wildman–Crippen MR) is 127 cm³/mol. The number of benzene rings is 1. The van der Waals surface area contributed by atoms with Crippen molar-refractivity contribution in [3.63, 3.8) is 0 Å². The maximum Gasteiger partial charge on any atom is 0.255 e. The number of hydrogen-bond donors (Lipinski definition) is 1. The first-order valence-corrected chi connectivity index (χ1v) is 11.2. The van der Waals surface area contributed by atoms with Crippen molar-refractivity contribution in [1.82, 2.24) is 29.6 Å². The summed E-state index contributed by atoms with van der Waals surface area (Å²) in [6.07, 6.45) is 7.80. The third-order valence-electron chi connectivity index (χ3n) is 6.06. The van der Waals surface area contributed by atoms with Crippen LogP contribution in [0.3, 0.4) is 0 Å². The Kier molecular flexibility index (Phi) is 5.12. The summed E-state index contributed by atoms with van der Waals surface area (Å²) in [5.41, 5.74) is 5.17. The van der Waals surface area contributed by atoms with Gasteiger partial charge in [-0.2, -0.15) is 5.10 Å². The number of furan rings is 1. The van der Waals surface area contributed by atoms with Crippen molar-refractivity contribution in [1.29, 1.82) is 0 Å². The van der Waals surface area contributed by atoms with Crippen molar-refractivity contribution in [3.8, 4) is 28.5 Å². The number of H-pyrrole nitrogens is 1. The lowest BCUT2D eigenvalue weighted by molar-refractivity contribution is 0.242. The quantitative estimate of drug-likeness (QED) is 0.437. The van der Waals surface area contributed by atoms with Crippen molar-refractivity contribution < 1.29 is 4.42 Å². The van der Waals surface area contributed by atoms with E-state index in [4.69, 9.17) is 14.5 Å². The zero-order valence-corrected chi connectivity index (χ0v) is 18.4. The summed E-state index contributed by atoms with van der Waals surface area (Å²) in [6, 6.07) is 17.5. The largest absolute Gasteiger partial charge is 0.463 e. The second-order valence-corrected chi connectivity index (χ2v) is 8.30. The minimum Gasteiger partial charge on any atom is -0.463 e. The van der Waals surface area contributed by atoms with Crippen LogP contribution in [0.4, 0.5) is 0 Å². The molecule has 1 N–H and O–H groups in total. The molecule has 0 aliphatic carbocycles. The highest BCUT2D eigenvalue weighted by Crippen LogP contribution is 2.27. The number of fused-ring (bicyclic) bond motifs is 1. The topological polar surface area (TPSA) is 92.8 Å². The Bertz CT molecular complexity index is 1470. The third kappa shape index (κ3) is 3.84. The first kappa shape index (κ1) is 20.3. The highest BCUT2D eigenvalue weighted by atomic mass is 16.3.